The second kappa shape index (κ2) is 13.7. The predicted octanol–water partition coefficient (Wildman–Crippen LogP) is -0.362. The molecule has 1 aromatic rings. The van der Waals surface area contributed by atoms with Gasteiger partial charge in [-0.1, -0.05) is 13.8 Å². The van der Waals surface area contributed by atoms with E-state index < -0.39 is 47.9 Å². The van der Waals surface area contributed by atoms with Crippen LogP contribution in [-0.2, 0) is 25.6 Å². The Morgan fingerprint density at radius 2 is 1.72 bits per heavy atom. The summed E-state index contributed by atoms with van der Waals surface area (Å²) in [4.78, 5) is 55.9. The molecule has 180 valence electrons. The number of carboxylic acids is 1. The lowest BCUT2D eigenvalue weighted by Crippen LogP contribution is -2.57. The van der Waals surface area contributed by atoms with Gasteiger partial charge in [-0.2, -0.15) is 11.8 Å². The van der Waals surface area contributed by atoms with Gasteiger partial charge in [-0.05, 0) is 37.7 Å². The molecule has 3 amide bonds. The summed E-state index contributed by atoms with van der Waals surface area (Å²) in [6.07, 6.45) is 5.80. The van der Waals surface area contributed by atoms with Gasteiger partial charge in [0, 0.05) is 18.3 Å². The fourth-order valence-corrected chi connectivity index (χ4v) is 3.33. The number of aliphatic carboxylic acids is 1. The van der Waals surface area contributed by atoms with Crippen molar-refractivity contribution >= 4 is 35.5 Å². The van der Waals surface area contributed by atoms with Gasteiger partial charge in [0.2, 0.25) is 17.7 Å². The average Bonchev–Trinajstić information content (AvgIpc) is 3.22. The summed E-state index contributed by atoms with van der Waals surface area (Å²) in [5, 5.41) is 16.7. The van der Waals surface area contributed by atoms with E-state index in [0.29, 0.717) is 24.3 Å². The normalized spacial score (nSPS) is 14.8. The molecule has 11 nitrogen and oxygen atoms in total. The second-order valence-corrected chi connectivity index (χ2v) is 8.97. The molecular weight excluding hydrogens is 436 g/mol. The van der Waals surface area contributed by atoms with Crippen molar-refractivity contribution in [2.75, 3.05) is 12.0 Å². The maximum absolute atomic E-state index is 13.0. The number of carbonyl (C=O) groups is 4. The van der Waals surface area contributed by atoms with Gasteiger partial charge >= 0.3 is 5.97 Å². The summed E-state index contributed by atoms with van der Waals surface area (Å²) < 4.78 is 0. The number of nitrogens with two attached hydrogens (primary N) is 1. The Morgan fingerprint density at radius 3 is 2.25 bits per heavy atom. The van der Waals surface area contributed by atoms with Gasteiger partial charge in [-0.25, -0.2) is 4.98 Å². The highest BCUT2D eigenvalue weighted by Gasteiger charge is 2.29. The maximum atomic E-state index is 13.0. The minimum atomic E-state index is -1.18. The maximum Gasteiger partial charge on any atom is 0.325 e. The number of hydrogen-bond acceptors (Lipinski definition) is 7. The van der Waals surface area contributed by atoms with E-state index in [-0.39, 0.29) is 12.3 Å². The van der Waals surface area contributed by atoms with Crippen LogP contribution in [0.2, 0.25) is 0 Å². The number of rotatable bonds is 14. The van der Waals surface area contributed by atoms with Crippen molar-refractivity contribution in [3.05, 3.63) is 18.2 Å². The van der Waals surface area contributed by atoms with Crippen LogP contribution in [0.3, 0.4) is 0 Å². The Labute approximate surface area is 192 Å². The molecule has 0 radical (unpaired) electrons. The van der Waals surface area contributed by atoms with Crippen molar-refractivity contribution in [2.45, 2.75) is 64.2 Å². The Bertz CT molecular complexity index is 758. The van der Waals surface area contributed by atoms with E-state index in [1.807, 2.05) is 20.1 Å². The molecule has 0 saturated carbocycles. The largest absolute Gasteiger partial charge is 0.480 e. The summed E-state index contributed by atoms with van der Waals surface area (Å²) in [5.41, 5.74) is 6.67. The lowest BCUT2D eigenvalue weighted by Gasteiger charge is -2.25. The van der Waals surface area contributed by atoms with Gasteiger partial charge in [-0.15, -0.1) is 0 Å². The third-order valence-electron chi connectivity index (χ3n) is 4.64. The first-order valence-corrected chi connectivity index (χ1v) is 11.8. The molecule has 0 aliphatic heterocycles. The molecule has 1 aromatic heterocycles. The number of carbonyl (C=O) groups excluding carboxylic acids is 3. The number of aromatic nitrogens is 2. The number of carboxylic acid groups (broad SMARTS) is 1. The van der Waals surface area contributed by atoms with E-state index in [2.05, 4.69) is 25.9 Å². The third-order valence-corrected chi connectivity index (χ3v) is 5.29. The number of amides is 3. The third kappa shape index (κ3) is 9.69. The molecule has 32 heavy (non-hydrogen) atoms. The molecule has 0 saturated heterocycles. The van der Waals surface area contributed by atoms with Gasteiger partial charge in [0.25, 0.3) is 0 Å². The molecule has 4 atom stereocenters. The van der Waals surface area contributed by atoms with Gasteiger partial charge < -0.3 is 31.8 Å². The standard InChI is InChI=1S/C20H34N6O5S/c1-11(2)7-16(26-17(27)14(21)8-13-9-22-10-23-13)19(29)25-15(5-6-32-4)18(28)24-12(3)20(30)31/h9-12,14-16H,5-8,21H2,1-4H3,(H,22,23)(H,24,28)(H,25,29)(H,26,27)(H,30,31). The smallest absolute Gasteiger partial charge is 0.325 e. The Kier molecular flexibility index (Phi) is 11.8. The molecule has 0 bridgehead atoms. The Hall–Kier alpha value is -2.60. The molecule has 0 fully saturated rings. The molecule has 12 heteroatoms. The van der Waals surface area contributed by atoms with Crippen molar-refractivity contribution < 1.29 is 24.3 Å². The summed E-state index contributed by atoms with van der Waals surface area (Å²) in [6, 6.07) is -3.80. The number of nitrogens with one attached hydrogen (secondary N) is 4. The van der Waals surface area contributed by atoms with Crippen LogP contribution in [0.25, 0.3) is 0 Å². The van der Waals surface area contributed by atoms with Gasteiger partial charge in [0.05, 0.1) is 12.4 Å². The Morgan fingerprint density at radius 1 is 1.09 bits per heavy atom. The molecule has 0 aliphatic carbocycles. The zero-order valence-electron chi connectivity index (χ0n) is 18.9. The van der Waals surface area contributed by atoms with Crippen LogP contribution < -0.4 is 21.7 Å². The zero-order valence-corrected chi connectivity index (χ0v) is 19.7. The van der Waals surface area contributed by atoms with Gasteiger partial charge in [0.15, 0.2) is 0 Å². The SMILES string of the molecule is CSCCC(NC(=O)C(CC(C)C)NC(=O)C(N)Cc1cnc[nH]1)C(=O)NC(C)C(=O)O. The fraction of sp³-hybridized carbons (Fsp3) is 0.650. The summed E-state index contributed by atoms with van der Waals surface area (Å²) in [6.45, 7) is 5.16. The first kappa shape index (κ1) is 27.4. The minimum Gasteiger partial charge on any atom is -0.480 e. The monoisotopic (exact) mass is 470 g/mol. The highest BCUT2D eigenvalue weighted by molar-refractivity contribution is 7.98. The van der Waals surface area contributed by atoms with E-state index in [1.165, 1.54) is 25.0 Å². The van der Waals surface area contributed by atoms with Crippen molar-refractivity contribution in [3.8, 4) is 0 Å². The fourth-order valence-electron chi connectivity index (χ4n) is 2.86. The molecule has 7 N–H and O–H groups in total. The highest BCUT2D eigenvalue weighted by atomic mass is 32.2. The number of imidazole rings is 1. The first-order chi connectivity index (χ1) is 15.0. The number of hydrogen-bond donors (Lipinski definition) is 6. The number of aromatic amines is 1. The van der Waals surface area contributed by atoms with Crippen LogP contribution in [-0.4, -0.2) is 74.9 Å². The van der Waals surface area contributed by atoms with E-state index in [1.54, 1.807) is 6.20 Å². The van der Waals surface area contributed by atoms with Crippen LogP contribution >= 0.6 is 11.8 Å². The van der Waals surface area contributed by atoms with Gasteiger partial charge in [0.1, 0.15) is 18.1 Å². The minimum absolute atomic E-state index is 0.0837. The van der Waals surface area contributed by atoms with Crippen LogP contribution in [0.1, 0.15) is 39.3 Å². The number of nitrogens with zero attached hydrogens (tertiary/aromatic N) is 1. The molecule has 1 heterocycles. The van der Waals surface area contributed by atoms with Crippen molar-refractivity contribution in [2.24, 2.45) is 11.7 Å². The molecule has 0 aliphatic rings. The zero-order chi connectivity index (χ0) is 24.3. The van der Waals surface area contributed by atoms with E-state index in [4.69, 9.17) is 10.8 Å². The number of thioether (sulfide) groups is 1. The molecule has 0 aromatic carbocycles. The predicted molar refractivity (Wildman–Crippen MR) is 122 cm³/mol. The Balaban J connectivity index is 2.85. The molecule has 0 spiro atoms. The van der Waals surface area contributed by atoms with E-state index in [9.17, 15) is 19.2 Å². The quantitative estimate of drug-likeness (QED) is 0.213. The first-order valence-electron chi connectivity index (χ1n) is 10.4. The van der Waals surface area contributed by atoms with E-state index >= 15 is 0 Å². The van der Waals surface area contributed by atoms with Crippen molar-refractivity contribution in [1.82, 2.24) is 25.9 Å². The molecule has 1 rings (SSSR count). The van der Waals surface area contributed by atoms with Crippen LogP contribution in [0, 0.1) is 5.92 Å². The van der Waals surface area contributed by atoms with Gasteiger partial charge in [-0.3, -0.25) is 19.2 Å². The summed E-state index contributed by atoms with van der Waals surface area (Å²) >= 11 is 1.49. The van der Waals surface area contributed by atoms with Crippen molar-refractivity contribution in [3.63, 3.8) is 0 Å². The number of H-pyrrole nitrogens is 1. The highest BCUT2D eigenvalue weighted by Crippen LogP contribution is 2.08. The molecular formula is C20H34N6O5S. The van der Waals surface area contributed by atoms with Crippen LogP contribution in [0.5, 0.6) is 0 Å². The average molecular weight is 471 g/mol. The summed E-state index contributed by atoms with van der Waals surface area (Å²) in [5.74, 6) is -2.12. The lowest BCUT2D eigenvalue weighted by molar-refractivity contribution is -0.141. The van der Waals surface area contributed by atoms with Crippen molar-refractivity contribution in [1.29, 1.82) is 0 Å². The molecule has 4 unspecified atom stereocenters. The second-order valence-electron chi connectivity index (χ2n) is 7.99. The van der Waals surface area contributed by atoms with E-state index in [0.717, 1.165) is 0 Å². The van der Waals surface area contributed by atoms with Crippen LogP contribution in [0.15, 0.2) is 12.5 Å². The van der Waals surface area contributed by atoms with Crippen LogP contribution in [0.4, 0.5) is 0 Å². The topological polar surface area (TPSA) is 179 Å². The lowest BCUT2D eigenvalue weighted by atomic mass is 10.0. The summed E-state index contributed by atoms with van der Waals surface area (Å²) in [7, 11) is 0.